The van der Waals surface area contributed by atoms with Crippen molar-refractivity contribution in [2.24, 2.45) is 5.73 Å². The summed E-state index contributed by atoms with van der Waals surface area (Å²) in [6.45, 7) is 5.21. The van der Waals surface area contributed by atoms with Crippen molar-refractivity contribution in [3.8, 4) is 0 Å². The number of carbonyl (C=O) groups is 3. The lowest BCUT2D eigenvalue weighted by Crippen LogP contribution is -2.44. The van der Waals surface area contributed by atoms with Gasteiger partial charge in [0.2, 0.25) is 11.8 Å². The van der Waals surface area contributed by atoms with Crippen molar-refractivity contribution in [1.82, 2.24) is 10.2 Å². The predicted octanol–water partition coefficient (Wildman–Crippen LogP) is 2.74. The summed E-state index contributed by atoms with van der Waals surface area (Å²) in [7, 11) is 0. The zero-order chi connectivity index (χ0) is 23.6. The molecule has 1 aliphatic rings. The van der Waals surface area contributed by atoms with Crippen LogP contribution in [0.1, 0.15) is 44.2 Å². The third kappa shape index (κ3) is 8.79. The quantitative estimate of drug-likeness (QED) is 0.561. The van der Waals surface area contributed by atoms with E-state index in [-0.39, 0.29) is 17.9 Å². The molecule has 1 aromatic carbocycles. The van der Waals surface area contributed by atoms with Crippen LogP contribution in [0.25, 0.3) is 0 Å². The Hall–Kier alpha value is -2.88. The highest BCUT2D eigenvalue weighted by Crippen LogP contribution is 2.22. The first-order valence-corrected chi connectivity index (χ1v) is 9.89. The van der Waals surface area contributed by atoms with Crippen LogP contribution < -0.4 is 11.1 Å². The fraction of sp³-hybridized carbons (Fsp3) is 0.476. The molecule has 1 aromatic rings. The molecular formula is C21H28F3N3O4. The fourth-order valence-electron chi connectivity index (χ4n) is 2.80. The van der Waals surface area contributed by atoms with Crippen LogP contribution in [0.15, 0.2) is 36.4 Å². The summed E-state index contributed by atoms with van der Waals surface area (Å²) < 4.78 is 31.7. The Bertz CT molecular complexity index is 771. The predicted molar refractivity (Wildman–Crippen MR) is 109 cm³/mol. The summed E-state index contributed by atoms with van der Waals surface area (Å²) in [6.07, 6.45) is 0.574. The lowest BCUT2D eigenvalue weighted by Gasteiger charge is -2.18. The SMILES string of the molecule is CCC[C@@H](C=CC(=O)N1Cc2ccccc2C1)NC(=O)[C@@H](N)CC.O=C(O)C(F)(F)F. The molecule has 31 heavy (non-hydrogen) atoms. The summed E-state index contributed by atoms with van der Waals surface area (Å²) in [5.41, 5.74) is 8.15. The van der Waals surface area contributed by atoms with Crippen LogP contribution >= 0.6 is 0 Å². The van der Waals surface area contributed by atoms with E-state index in [2.05, 4.69) is 17.4 Å². The monoisotopic (exact) mass is 443 g/mol. The molecule has 0 aromatic heterocycles. The number of carbonyl (C=O) groups excluding carboxylic acids is 2. The van der Waals surface area contributed by atoms with Crippen LogP contribution in [0.5, 0.6) is 0 Å². The molecule has 0 radical (unpaired) electrons. The topological polar surface area (TPSA) is 113 Å². The molecule has 4 N–H and O–H groups in total. The number of hydrogen-bond acceptors (Lipinski definition) is 4. The minimum atomic E-state index is -5.08. The summed E-state index contributed by atoms with van der Waals surface area (Å²) in [6, 6.07) is 7.44. The van der Waals surface area contributed by atoms with Gasteiger partial charge in [-0.25, -0.2) is 4.79 Å². The Morgan fingerprint density at radius 2 is 1.71 bits per heavy atom. The van der Waals surface area contributed by atoms with E-state index in [1.807, 2.05) is 30.9 Å². The Morgan fingerprint density at radius 3 is 2.13 bits per heavy atom. The molecule has 7 nitrogen and oxygen atoms in total. The highest BCUT2D eigenvalue weighted by molar-refractivity contribution is 5.88. The van der Waals surface area contributed by atoms with E-state index in [1.165, 1.54) is 11.1 Å². The second-order valence-corrected chi connectivity index (χ2v) is 7.04. The van der Waals surface area contributed by atoms with Gasteiger partial charge in [-0.2, -0.15) is 13.2 Å². The molecule has 1 heterocycles. The first-order valence-electron chi connectivity index (χ1n) is 9.89. The highest BCUT2D eigenvalue weighted by atomic mass is 19.4. The molecule has 0 spiro atoms. The maximum atomic E-state index is 12.4. The van der Waals surface area contributed by atoms with Gasteiger partial charge in [0.25, 0.3) is 0 Å². The van der Waals surface area contributed by atoms with Gasteiger partial charge in [-0.3, -0.25) is 9.59 Å². The van der Waals surface area contributed by atoms with Gasteiger partial charge >= 0.3 is 12.1 Å². The van der Waals surface area contributed by atoms with E-state index in [0.29, 0.717) is 19.5 Å². The van der Waals surface area contributed by atoms with Crippen LogP contribution in [0.2, 0.25) is 0 Å². The number of fused-ring (bicyclic) bond motifs is 1. The molecule has 0 saturated carbocycles. The van der Waals surface area contributed by atoms with E-state index < -0.39 is 18.2 Å². The molecule has 0 fully saturated rings. The number of benzene rings is 1. The van der Waals surface area contributed by atoms with E-state index in [4.69, 9.17) is 15.6 Å². The summed E-state index contributed by atoms with van der Waals surface area (Å²) in [5, 5.41) is 10.0. The fourth-order valence-corrected chi connectivity index (χ4v) is 2.80. The van der Waals surface area contributed by atoms with Crippen molar-refractivity contribution < 1.29 is 32.7 Å². The minimum absolute atomic E-state index is 0.0265. The maximum absolute atomic E-state index is 12.4. The van der Waals surface area contributed by atoms with Crippen molar-refractivity contribution in [3.63, 3.8) is 0 Å². The summed E-state index contributed by atoms with van der Waals surface area (Å²) in [5.74, 6) is -2.95. The zero-order valence-electron chi connectivity index (χ0n) is 17.5. The number of halogens is 3. The number of hydrogen-bond donors (Lipinski definition) is 3. The number of carboxylic acids is 1. The number of rotatable bonds is 7. The van der Waals surface area contributed by atoms with Gasteiger partial charge in [0.05, 0.1) is 6.04 Å². The Labute approximate surface area is 179 Å². The molecule has 172 valence electrons. The molecule has 0 aliphatic carbocycles. The smallest absolute Gasteiger partial charge is 0.475 e. The normalized spacial score (nSPS) is 15.0. The minimum Gasteiger partial charge on any atom is -0.475 e. The lowest BCUT2D eigenvalue weighted by atomic mass is 10.1. The van der Waals surface area contributed by atoms with Crippen molar-refractivity contribution in [1.29, 1.82) is 0 Å². The molecule has 10 heteroatoms. The van der Waals surface area contributed by atoms with Gasteiger partial charge in [-0.15, -0.1) is 0 Å². The van der Waals surface area contributed by atoms with Crippen molar-refractivity contribution in [2.45, 2.75) is 64.5 Å². The van der Waals surface area contributed by atoms with Gasteiger partial charge < -0.3 is 21.1 Å². The summed E-state index contributed by atoms with van der Waals surface area (Å²) >= 11 is 0. The number of amides is 2. The van der Waals surface area contributed by atoms with Crippen LogP contribution in [0.3, 0.4) is 0 Å². The number of nitrogens with two attached hydrogens (primary N) is 1. The first-order chi connectivity index (χ1) is 14.5. The van der Waals surface area contributed by atoms with Crippen LogP contribution in [-0.2, 0) is 27.5 Å². The second kappa shape index (κ2) is 12.1. The Kier molecular flexibility index (Phi) is 10.2. The lowest BCUT2D eigenvalue weighted by molar-refractivity contribution is -0.192. The van der Waals surface area contributed by atoms with Gasteiger partial charge in [-0.1, -0.05) is 50.6 Å². The van der Waals surface area contributed by atoms with Crippen LogP contribution in [0.4, 0.5) is 13.2 Å². The van der Waals surface area contributed by atoms with Gasteiger partial charge in [0, 0.05) is 25.2 Å². The number of carboxylic acid groups (broad SMARTS) is 1. The van der Waals surface area contributed by atoms with Crippen molar-refractivity contribution >= 4 is 17.8 Å². The average Bonchev–Trinajstić information content (AvgIpc) is 3.15. The van der Waals surface area contributed by atoms with Crippen LogP contribution in [0, 0.1) is 0 Å². The molecule has 0 saturated heterocycles. The third-order valence-corrected chi connectivity index (χ3v) is 4.57. The van der Waals surface area contributed by atoms with Crippen LogP contribution in [-0.4, -0.2) is 46.1 Å². The number of nitrogens with zero attached hydrogens (tertiary/aromatic N) is 1. The second-order valence-electron chi connectivity index (χ2n) is 7.04. The maximum Gasteiger partial charge on any atom is 0.490 e. The molecule has 0 unspecified atom stereocenters. The summed E-state index contributed by atoms with van der Waals surface area (Å²) in [4.78, 5) is 35.0. The molecule has 2 atom stereocenters. The average molecular weight is 443 g/mol. The van der Waals surface area contributed by atoms with Crippen molar-refractivity contribution in [3.05, 3.63) is 47.5 Å². The number of alkyl halides is 3. The van der Waals surface area contributed by atoms with Crippen molar-refractivity contribution in [2.75, 3.05) is 0 Å². The van der Waals surface area contributed by atoms with Gasteiger partial charge in [0.15, 0.2) is 0 Å². The molecular weight excluding hydrogens is 415 g/mol. The molecule has 2 rings (SSSR count). The van der Waals surface area contributed by atoms with E-state index >= 15 is 0 Å². The van der Waals surface area contributed by atoms with Gasteiger partial charge in [0.1, 0.15) is 0 Å². The highest BCUT2D eigenvalue weighted by Gasteiger charge is 2.38. The Balaban J connectivity index is 0.000000592. The number of aliphatic carboxylic acids is 1. The molecule has 0 bridgehead atoms. The van der Waals surface area contributed by atoms with E-state index in [9.17, 15) is 22.8 Å². The zero-order valence-corrected chi connectivity index (χ0v) is 17.5. The van der Waals surface area contributed by atoms with E-state index in [0.717, 1.165) is 12.8 Å². The largest absolute Gasteiger partial charge is 0.490 e. The first kappa shape index (κ1) is 26.2. The number of nitrogens with one attached hydrogen (secondary N) is 1. The van der Waals surface area contributed by atoms with Gasteiger partial charge in [-0.05, 0) is 24.0 Å². The molecule has 2 amide bonds. The Morgan fingerprint density at radius 1 is 1.19 bits per heavy atom. The third-order valence-electron chi connectivity index (χ3n) is 4.57. The van der Waals surface area contributed by atoms with E-state index in [1.54, 1.807) is 12.2 Å². The standard InChI is InChI=1S/C19H27N3O2.C2HF3O2/c1-3-7-16(21-19(24)17(20)4-2)10-11-18(23)22-12-14-8-5-6-9-15(14)13-22;3-2(4,5)1(6)7/h5-6,8-11,16-17H,3-4,7,12-13,20H2,1-2H3,(H,21,24);(H,6,7)/t16-,17-;/m0./s1. The molecule has 1 aliphatic heterocycles.